The molecular weight excluding hydrogens is 186 g/mol. The van der Waals surface area contributed by atoms with Crippen LogP contribution in [0.2, 0.25) is 0 Å². The van der Waals surface area contributed by atoms with Gasteiger partial charge in [0.2, 0.25) is 0 Å². The number of piperidine rings is 1. The van der Waals surface area contributed by atoms with Crippen molar-refractivity contribution in [2.24, 2.45) is 5.73 Å². The zero-order valence-corrected chi connectivity index (χ0v) is 9.99. The van der Waals surface area contributed by atoms with E-state index in [0.29, 0.717) is 0 Å². The number of likely N-dealkylation sites (tertiary alicyclic amines) is 1. The molecular formula is C12H25N3. The molecule has 0 radical (unpaired) electrons. The summed E-state index contributed by atoms with van der Waals surface area (Å²) in [6, 6.07) is 1.67. The first-order valence-electron chi connectivity index (χ1n) is 6.45. The fourth-order valence-electron chi connectivity index (χ4n) is 2.72. The fourth-order valence-corrected chi connectivity index (χ4v) is 2.72. The Labute approximate surface area is 93.6 Å². The summed E-state index contributed by atoms with van der Waals surface area (Å²) in [4.78, 5) is 5.15. The Bertz CT molecular complexity index is 189. The van der Waals surface area contributed by atoms with Gasteiger partial charge in [0.05, 0.1) is 0 Å². The number of nitrogens with zero attached hydrogens (tertiary/aromatic N) is 2. The van der Waals surface area contributed by atoms with Crippen LogP contribution in [-0.4, -0.2) is 55.1 Å². The molecule has 0 aromatic carbocycles. The third-order valence-electron chi connectivity index (χ3n) is 3.83. The first-order valence-corrected chi connectivity index (χ1v) is 6.45. The lowest BCUT2D eigenvalue weighted by Gasteiger charge is -2.37. The van der Waals surface area contributed by atoms with Crippen LogP contribution in [0, 0.1) is 0 Å². The van der Waals surface area contributed by atoms with E-state index in [2.05, 4.69) is 16.8 Å². The number of likely N-dealkylation sites (N-methyl/N-ethyl adjacent to an activating group) is 1. The smallest absolute Gasteiger partial charge is 0.0223 e. The highest BCUT2D eigenvalue weighted by Crippen LogP contribution is 2.27. The van der Waals surface area contributed by atoms with Crippen molar-refractivity contribution >= 4 is 0 Å². The average Bonchev–Trinajstić information content (AvgIpc) is 3.04. The van der Waals surface area contributed by atoms with Gasteiger partial charge in [-0.15, -0.1) is 0 Å². The van der Waals surface area contributed by atoms with Gasteiger partial charge in [-0.3, -0.25) is 4.90 Å². The van der Waals surface area contributed by atoms with E-state index in [9.17, 15) is 0 Å². The largest absolute Gasteiger partial charge is 0.329 e. The third kappa shape index (κ3) is 3.16. The monoisotopic (exact) mass is 211 g/mol. The van der Waals surface area contributed by atoms with Crippen LogP contribution in [0.4, 0.5) is 0 Å². The van der Waals surface area contributed by atoms with E-state index in [-0.39, 0.29) is 0 Å². The summed E-state index contributed by atoms with van der Waals surface area (Å²) in [6.07, 6.45) is 6.98. The van der Waals surface area contributed by atoms with E-state index in [0.717, 1.165) is 25.2 Å². The van der Waals surface area contributed by atoms with Crippen molar-refractivity contribution in [2.75, 3.05) is 33.2 Å². The highest BCUT2D eigenvalue weighted by atomic mass is 15.2. The van der Waals surface area contributed by atoms with Crippen LogP contribution in [0.3, 0.4) is 0 Å². The molecule has 1 saturated carbocycles. The quantitative estimate of drug-likeness (QED) is 0.733. The highest BCUT2D eigenvalue weighted by Gasteiger charge is 2.30. The normalized spacial score (nSPS) is 28.6. The van der Waals surface area contributed by atoms with Gasteiger partial charge in [0.1, 0.15) is 0 Å². The molecule has 0 spiro atoms. The predicted molar refractivity (Wildman–Crippen MR) is 63.9 cm³/mol. The SMILES string of the molecule is CN(CC1CCCCN1CCN)C1CC1. The molecule has 1 atom stereocenters. The molecule has 1 saturated heterocycles. The second-order valence-electron chi connectivity index (χ2n) is 5.14. The molecule has 0 aromatic rings. The molecule has 0 amide bonds. The van der Waals surface area contributed by atoms with Gasteiger partial charge < -0.3 is 10.6 Å². The predicted octanol–water partition coefficient (Wildman–Crippen LogP) is 0.894. The molecule has 0 aromatic heterocycles. The van der Waals surface area contributed by atoms with Crippen LogP contribution in [-0.2, 0) is 0 Å². The van der Waals surface area contributed by atoms with Crippen LogP contribution in [0.15, 0.2) is 0 Å². The van der Waals surface area contributed by atoms with E-state index in [1.165, 1.54) is 45.2 Å². The maximum atomic E-state index is 5.67. The van der Waals surface area contributed by atoms with Crippen LogP contribution in [0.25, 0.3) is 0 Å². The Morgan fingerprint density at radius 2 is 2.07 bits per heavy atom. The first-order chi connectivity index (χ1) is 7.31. The van der Waals surface area contributed by atoms with E-state index >= 15 is 0 Å². The number of rotatable bonds is 5. The van der Waals surface area contributed by atoms with Crippen molar-refractivity contribution < 1.29 is 0 Å². The second-order valence-corrected chi connectivity index (χ2v) is 5.14. The maximum Gasteiger partial charge on any atom is 0.0223 e. The summed E-state index contributed by atoms with van der Waals surface area (Å²) in [6.45, 7) is 4.41. The number of hydrogen-bond acceptors (Lipinski definition) is 3. The van der Waals surface area contributed by atoms with Crippen molar-refractivity contribution in [3.05, 3.63) is 0 Å². The fraction of sp³-hybridized carbons (Fsp3) is 1.00. The molecule has 3 nitrogen and oxygen atoms in total. The number of hydrogen-bond donors (Lipinski definition) is 1. The van der Waals surface area contributed by atoms with Crippen molar-refractivity contribution in [3.8, 4) is 0 Å². The van der Waals surface area contributed by atoms with Crippen molar-refractivity contribution in [2.45, 2.75) is 44.2 Å². The van der Waals surface area contributed by atoms with E-state index in [1.807, 2.05) is 0 Å². The Morgan fingerprint density at radius 1 is 1.27 bits per heavy atom. The second kappa shape index (κ2) is 5.28. The summed E-state index contributed by atoms with van der Waals surface area (Å²) < 4.78 is 0. The molecule has 1 aliphatic carbocycles. The maximum absolute atomic E-state index is 5.67. The van der Waals surface area contributed by atoms with Crippen LogP contribution in [0.1, 0.15) is 32.1 Å². The van der Waals surface area contributed by atoms with Crippen LogP contribution >= 0.6 is 0 Å². The summed E-state index contributed by atoms with van der Waals surface area (Å²) >= 11 is 0. The van der Waals surface area contributed by atoms with Gasteiger partial charge >= 0.3 is 0 Å². The molecule has 1 aliphatic heterocycles. The molecule has 2 aliphatic rings. The van der Waals surface area contributed by atoms with E-state index in [4.69, 9.17) is 5.73 Å². The van der Waals surface area contributed by atoms with Crippen molar-refractivity contribution in [1.82, 2.24) is 9.80 Å². The minimum absolute atomic E-state index is 0.771. The molecule has 1 unspecified atom stereocenters. The molecule has 2 fully saturated rings. The van der Waals surface area contributed by atoms with Gasteiger partial charge in [-0.05, 0) is 39.3 Å². The molecule has 15 heavy (non-hydrogen) atoms. The lowest BCUT2D eigenvalue weighted by molar-refractivity contribution is 0.114. The van der Waals surface area contributed by atoms with Crippen LogP contribution < -0.4 is 5.73 Å². The first kappa shape index (κ1) is 11.4. The van der Waals surface area contributed by atoms with Gasteiger partial charge in [0, 0.05) is 31.7 Å². The molecule has 1 heterocycles. The van der Waals surface area contributed by atoms with Gasteiger partial charge in [-0.25, -0.2) is 0 Å². The zero-order chi connectivity index (χ0) is 10.7. The molecule has 88 valence electrons. The molecule has 2 N–H and O–H groups in total. The Kier molecular flexibility index (Phi) is 4.00. The Morgan fingerprint density at radius 3 is 2.73 bits per heavy atom. The Hall–Kier alpha value is -0.120. The average molecular weight is 211 g/mol. The summed E-state index contributed by atoms with van der Waals surface area (Å²) in [5.41, 5.74) is 5.67. The standard InChI is InChI=1S/C12H25N3/c1-14(11-5-6-11)10-12-4-2-3-8-15(12)9-7-13/h11-12H,2-10,13H2,1H3. The van der Waals surface area contributed by atoms with Gasteiger partial charge in [-0.2, -0.15) is 0 Å². The lowest BCUT2D eigenvalue weighted by atomic mass is 10.0. The van der Waals surface area contributed by atoms with Crippen LogP contribution in [0.5, 0.6) is 0 Å². The number of nitrogens with two attached hydrogens (primary N) is 1. The highest BCUT2D eigenvalue weighted by molar-refractivity contribution is 4.87. The topological polar surface area (TPSA) is 32.5 Å². The van der Waals surface area contributed by atoms with Gasteiger partial charge in [0.25, 0.3) is 0 Å². The molecule has 0 bridgehead atoms. The molecule has 2 rings (SSSR count). The van der Waals surface area contributed by atoms with Crippen molar-refractivity contribution in [3.63, 3.8) is 0 Å². The Balaban J connectivity index is 1.80. The zero-order valence-electron chi connectivity index (χ0n) is 9.99. The molecule has 3 heteroatoms. The van der Waals surface area contributed by atoms with E-state index in [1.54, 1.807) is 0 Å². The minimum Gasteiger partial charge on any atom is -0.329 e. The lowest BCUT2D eigenvalue weighted by Crippen LogP contribution is -2.48. The summed E-state index contributed by atoms with van der Waals surface area (Å²) in [5.74, 6) is 0. The van der Waals surface area contributed by atoms with Gasteiger partial charge in [-0.1, -0.05) is 6.42 Å². The van der Waals surface area contributed by atoms with E-state index < -0.39 is 0 Å². The minimum atomic E-state index is 0.771. The summed E-state index contributed by atoms with van der Waals surface area (Å²) in [5, 5.41) is 0. The van der Waals surface area contributed by atoms with Crippen molar-refractivity contribution in [1.29, 1.82) is 0 Å². The summed E-state index contributed by atoms with van der Waals surface area (Å²) in [7, 11) is 2.28. The van der Waals surface area contributed by atoms with Gasteiger partial charge in [0.15, 0.2) is 0 Å². The third-order valence-corrected chi connectivity index (χ3v) is 3.83.